The molecule has 34 heavy (non-hydrogen) atoms. The molecule has 6 heteroatoms. The summed E-state index contributed by atoms with van der Waals surface area (Å²) in [5, 5.41) is 3.21. The topological polar surface area (TPSA) is 78.7 Å². The number of carbonyl (C=O) groups is 2. The van der Waals surface area contributed by atoms with Crippen LogP contribution in [0.5, 0.6) is 0 Å². The van der Waals surface area contributed by atoms with Crippen molar-refractivity contribution in [2.75, 3.05) is 20.6 Å². The van der Waals surface area contributed by atoms with Gasteiger partial charge in [0.15, 0.2) is 0 Å². The van der Waals surface area contributed by atoms with E-state index in [4.69, 9.17) is 5.73 Å². The van der Waals surface area contributed by atoms with Crippen molar-refractivity contribution in [3.8, 4) is 0 Å². The van der Waals surface area contributed by atoms with E-state index in [-0.39, 0.29) is 30.6 Å². The number of likely N-dealkylation sites (N-methyl/N-ethyl adjacent to an activating group) is 1. The minimum atomic E-state index is -0.518. The largest absolute Gasteiger partial charge is 0.368 e. The van der Waals surface area contributed by atoms with Crippen LogP contribution in [0.3, 0.4) is 0 Å². The van der Waals surface area contributed by atoms with Gasteiger partial charge in [-0.1, -0.05) is 91.0 Å². The van der Waals surface area contributed by atoms with E-state index in [0.717, 1.165) is 16.7 Å². The molecule has 0 radical (unpaired) electrons. The Labute approximate surface area is 201 Å². The van der Waals surface area contributed by atoms with Crippen LogP contribution in [0.4, 0.5) is 0 Å². The standard InChI is InChI=1S/C28H32N4O2/c1-31(2)23-18-24(28(29)34)32(27(23)22-16-10-5-11-17-22)19-25(33)30-26(20-12-6-3-7-13-20)21-14-8-4-9-15-21/h3-17,23-24,26-27H,18-19H2,1-2H3,(H2,29,34)(H,30,33)/t23-,24+,27+/m1/s1. The number of carbonyl (C=O) groups excluding carboxylic acids is 2. The second kappa shape index (κ2) is 10.6. The molecule has 4 rings (SSSR count). The Morgan fingerprint density at radius 3 is 1.88 bits per heavy atom. The molecule has 3 N–H and O–H groups in total. The van der Waals surface area contributed by atoms with Crippen molar-refractivity contribution in [2.45, 2.75) is 30.6 Å². The number of amides is 2. The van der Waals surface area contributed by atoms with Crippen molar-refractivity contribution in [1.29, 1.82) is 0 Å². The van der Waals surface area contributed by atoms with Crippen molar-refractivity contribution in [3.63, 3.8) is 0 Å². The smallest absolute Gasteiger partial charge is 0.234 e. The fraction of sp³-hybridized carbons (Fsp3) is 0.286. The maximum Gasteiger partial charge on any atom is 0.234 e. The van der Waals surface area contributed by atoms with Crippen LogP contribution in [0.1, 0.15) is 35.2 Å². The molecule has 3 aromatic carbocycles. The highest BCUT2D eigenvalue weighted by molar-refractivity contribution is 5.83. The van der Waals surface area contributed by atoms with Crippen LogP contribution in [0.2, 0.25) is 0 Å². The number of nitrogens with one attached hydrogen (secondary N) is 1. The summed E-state index contributed by atoms with van der Waals surface area (Å²) in [4.78, 5) is 30.0. The van der Waals surface area contributed by atoms with Crippen LogP contribution in [-0.4, -0.2) is 54.3 Å². The number of hydrogen-bond acceptors (Lipinski definition) is 4. The maximum absolute atomic E-state index is 13.5. The fourth-order valence-electron chi connectivity index (χ4n) is 4.98. The summed E-state index contributed by atoms with van der Waals surface area (Å²) < 4.78 is 0. The van der Waals surface area contributed by atoms with E-state index in [1.807, 2.05) is 110 Å². The molecule has 1 aliphatic rings. The molecular weight excluding hydrogens is 424 g/mol. The first-order valence-electron chi connectivity index (χ1n) is 11.6. The summed E-state index contributed by atoms with van der Waals surface area (Å²) in [7, 11) is 4.01. The molecule has 2 amide bonds. The number of rotatable bonds is 8. The van der Waals surface area contributed by atoms with Gasteiger partial charge >= 0.3 is 0 Å². The summed E-state index contributed by atoms with van der Waals surface area (Å²) >= 11 is 0. The number of hydrogen-bond donors (Lipinski definition) is 2. The maximum atomic E-state index is 13.5. The van der Waals surface area contributed by atoms with E-state index < -0.39 is 11.9 Å². The van der Waals surface area contributed by atoms with Gasteiger partial charge in [-0.15, -0.1) is 0 Å². The fourth-order valence-corrected chi connectivity index (χ4v) is 4.98. The Morgan fingerprint density at radius 1 is 0.912 bits per heavy atom. The quantitative estimate of drug-likeness (QED) is 0.546. The number of primary amides is 1. The average molecular weight is 457 g/mol. The Kier molecular flexibility index (Phi) is 7.40. The molecule has 3 aromatic rings. The van der Waals surface area contributed by atoms with Crippen molar-refractivity contribution in [1.82, 2.24) is 15.1 Å². The van der Waals surface area contributed by atoms with Gasteiger partial charge in [-0.3, -0.25) is 14.5 Å². The van der Waals surface area contributed by atoms with Gasteiger partial charge in [0.2, 0.25) is 11.8 Å². The van der Waals surface area contributed by atoms with Gasteiger partial charge in [0.05, 0.1) is 24.7 Å². The van der Waals surface area contributed by atoms with Crippen molar-refractivity contribution in [2.24, 2.45) is 5.73 Å². The van der Waals surface area contributed by atoms with Crippen LogP contribution in [-0.2, 0) is 9.59 Å². The van der Waals surface area contributed by atoms with Crippen molar-refractivity contribution in [3.05, 3.63) is 108 Å². The van der Waals surface area contributed by atoms with E-state index in [0.29, 0.717) is 6.42 Å². The van der Waals surface area contributed by atoms with E-state index in [9.17, 15) is 9.59 Å². The monoisotopic (exact) mass is 456 g/mol. The van der Waals surface area contributed by atoms with Crippen molar-refractivity contribution < 1.29 is 9.59 Å². The Balaban J connectivity index is 1.62. The molecule has 0 aliphatic carbocycles. The summed E-state index contributed by atoms with van der Waals surface area (Å²) in [6.45, 7) is 0.0771. The minimum absolute atomic E-state index is 0.0618. The molecule has 176 valence electrons. The summed E-state index contributed by atoms with van der Waals surface area (Å²) in [5.74, 6) is -0.551. The van der Waals surface area contributed by atoms with Crippen LogP contribution >= 0.6 is 0 Å². The van der Waals surface area contributed by atoms with Crippen LogP contribution in [0, 0.1) is 0 Å². The van der Waals surface area contributed by atoms with Gasteiger partial charge in [0, 0.05) is 6.04 Å². The summed E-state index contributed by atoms with van der Waals surface area (Å²) in [5.41, 5.74) is 8.89. The van der Waals surface area contributed by atoms with Gasteiger partial charge in [0.25, 0.3) is 0 Å². The molecule has 1 aliphatic heterocycles. The lowest BCUT2D eigenvalue weighted by Gasteiger charge is -2.33. The van der Waals surface area contributed by atoms with E-state index >= 15 is 0 Å². The molecule has 6 nitrogen and oxygen atoms in total. The highest BCUT2D eigenvalue weighted by Gasteiger charge is 2.46. The van der Waals surface area contributed by atoms with E-state index in [1.54, 1.807) is 0 Å². The zero-order valence-electron chi connectivity index (χ0n) is 19.7. The SMILES string of the molecule is CN(C)[C@@H]1C[C@@H](C(N)=O)N(CC(=O)NC(c2ccccc2)c2ccccc2)[C@H]1c1ccccc1. The number of likely N-dealkylation sites (tertiary alicyclic amines) is 1. The Bertz CT molecular complexity index is 1050. The zero-order valence-corrected chi connectivity index (χ0v) is 19.7. The molecule has 0 bridgehead atoms. The lowest BCUT2D eigenvalue weighted by Crippen LogP contribution is -2.47. The van der Waals surface area contributed by atoms with Gasteiger partial charge < -0.3 is 16.0 Å². The zero-order chi connectivity index (χ0) is 24.1. The molecular formula is C28H32N4O2. The number of nitrogens with two attached hydrogens (primary N) is 1. The molecule has 0 saturated carbocycles. The lowest BCUT2D eigenvalue weighted by atomic mass is 9.98. The molecule has 3 atom stereocenters. The second-order valence-electron chi connectivity index (χ2n) is 9.03. The molecule has 1 saturated heterocycles. The van der Waals surface area contributed by atoms with Crippen molar-refractivity contribution >= 4 is 11.8 Å². The minimum Gasteiger partial charge on any atom is -0.368 e. The average Bonchev–Trinajstić information content (AvgIpc) is 3.24. The molecule has 1 fully saturated rings. The van der Waals surface area contributed by atoms with Crippen LogP contribution in [0.15, 0.2) is 91.0 Å². The third kappa shape index (κ3) is 5.19. The Hall–Kier alpha value is -3.48. The third-order valence-corrected chi connectivity index (χ3v) is 6.62. The molecule has 0 spiro atoms. The normalized spacial score (nSPS) is 20.5. The summed E-state index contributed by atoms with van der Waals surface area (Å²) in [6, 6.07) is 29.0. The molecule has 1 heterocycles. The van der Waals surface area contributed by atoms with Gasteiger partial charge in [-0.25, -0.2) is 0 Å². The molecule has 0 unspecified atom stereocenters. The number of nitrogens with zero attached hydrogens (tertiary/aromatic N) is 2. The third-order valence-electron chi connectivity index (χ3n) is 6.62. The van der Waals surface area contributed by atoms with E-state index in [2.05, 4.69) is 10.2 Å². The van der Waals surface area contributed by atoms with Gasteiger partial charge in [-0.05, 0) is 37.2 Å². The first-order valence-corrected chi connectivity index (χ1v) is 11.6. The Morgan fingerprint density at radius 2 is 1.41 bits per heavy atom. The highest BCUT2D eigenvalue weighted by atomic mass is 16.2. The predicted octanol–water partition coefficient (Wildman–Crippen LogP) is 3.12. The van der Waals surface area contributed by atoms with Crippen LogP contribution < -0.4 is 11.1 Å². The predicted molar refractivity (Wildman–Crippen MR) is 134 cm³/mol. The second-order valence-corrected chi connectivity index (χ2v) is 9.03. The van der Waals surface area contributed by atoms with Gasteiger partial charge in [-0.2, -0.15) is 0 Å². The first kappa shape index (κ1) is 23.7. The van der Waals surface area contributed by atoms with Crippen LogP contribution in [0.25, 0.3) is 0 Å². The van der Waals surface area contributed by atoms with Gasteiger partial charge in [0.1, 0.15) is 0 Å². The summed E-state index contributed by atoms with van der Waals surface area (Å²) in [6.07, 6.45) is 0.579. The first-order chi connectivity index (χ1) is 16.5. The van der Waals surface area contributed by atoms with E-state index in [1.165, 1.54) is 0 Å². The highest BCUT2D eigenvalue weighted by Crippen LogP contribution is 2.38. The lowest BCUT2D eigenvalue weighted by molar-refractivity contribution is -0.127. The molecule has 0 aromatic heterocycles. The number of benzene rings is 3.